The van der Waals surface area contributed by atoms with Crippen molar-refractivity contribution in [2.75, 3.05) is 13.3 Å². The van der Waals surface area contributed by atoms with Gasteiger partial charge in [0, 0.05) is 19.6 Å². The molecule has 0 atom stereocenters. The van der Waals surface area contributed by atoms with Crippen LogP contribution in [0.25, 0.3) is 0 Å². The molecule has 0 bridgehead atoms. The van der Waals surface area contributed by atoms with Gasteiger partial charge in [-0.05, 0) is 42.4 Å². The molecule has 5 heteroatoms. The van der Waals surface area contributed by atoms with E-state index < -0.39 is 0 Å². The highest BCUT2D eigenvalue weighted by atomic mass is 32.1. The summed E-state index contributed by atoms with van der Waals surface area (Å²) in [6.07, 6.45) is 1.80. The molecule has 3 rings (SSSR count). The van der Waals surface area contributed by atoms with Crippen LogP contribution in [0.1, 0.15) is 16.7 Å². The molecular formula is C20H22N2O2S. The molecule has 0 saturated carbocycles. The van der Waals surface area contributed by atoms with Crippen LogP contribution < -0.4 is 14.8 Å². The number of nitrogens with zero attached hydrogens (tertiary/aromatic N) is 1. The van der Waals surface area contributed by atoms with E-state index in [-0.39, 0.29) is 6.79 Å². The topological polar surface area (TPSA) is 33.7 Å². The molecule has 0 aliphatic carbocycles. The Balaban J connectivity index is 1.76. The normalized spacial score (nSPS) is 11.9. The zero-order valence-corrected chi connectivity index (χ0v) is 15.1. The van der Waals surface area contributed by atoms with E-state index in [1.807, 2.05) is 18.2 Å². The van der Waals surface area contributed by atoms with Gasteiger partial charge in [0.2, 0.25) is 6.79 Å². The quantitative estimate of drug-likeness (QED) is 0.631. The molecule has 0 fully saturated rings. The van der Waals surface area contributed by atoms with Crippen LogP contribution in [0, 0.1) is 6.92 Å². The number of ether oxygens (including phenoxy) is 2. The average Bonchev–Trinajstić information content (AvgIpc) is 3.08. The lowest BCUT2D eigenvalue weighted by molar-refractivity contribution is 0.174. The van der Waals surface area contributed by atoms with Crippen molar-refractivity contribution in [3.63, 3.8) is 0 Å². The van der Waals surface area contributed by atoms with Gasteiger partial charge in [-0.15, -0.1) is 6.58 Å². The van der Waals surface area contributed by atoms with Crippen LogP contribution in [0.2, 0.25) is 0 Å². The van der Waals surface area contributed by atoms with Gasteiger partial charge in [-0.3, -0.25) is 0 Å². The van der Waals surface area contributed by atoms with Crippen LogP contribution in [0.3, 0.4) is 0 Å². The van der Waals surface area contributed by atoms with Crippen molar-refractivity contribution in [1.82, 2.24) is 10.2 Å². The second kappa shape index (κ2) is 8.03. The maximum atomic E-state index is 5.58. The van der Waals surface area contributed by atoms with Gasteiger partial charge in [0.05, 0.1) is 0 Å². The van der Waals surface area contributed by atoms with Gasteiger partial charge in [0.25, 0.3) is 0 Å². The SMILES string of the molecule is C=CCNC(=S)N(Cc1ccc(C)cc1)Cc1ccc2c(c1)OCO2. The van der Waals surface area contributed by atoms with Crippen molar-refractivity contribution in [1.29, 1.82) is 0 Å². The first-order valence-electron chi connectivity index (χ1n) is 8.23. The highest BCUT2D eigenvalue weighted by molar-refractivity contribution is 7.80. The van der Waals surface area contributed by atoms with E-state index in [4.69, 9.17) is 21.7 Å². The molecule has 0 unspecified atom stereocenters. The molecule has 0 radical (unpaired) electrons. The monoisotopic (exact) mass is 354 g/mol. The minimum Gasteiger partial charge on any atom is -0.454 e. The predicted octanol–water partition coefficient (Wildman–Crippen LogP) is 3.79. The minimum atomic E-state index is 0.283. The van der Waals surface area contributed by atoms with Gasteiger partial charge in [-0.2, -0.15) is 0 Å². The maximum Gasteiger partial charge on any atom is 0.231 e. The zero-order chi connectivity index (χ0) is 17.6. The summed E-state index contributed by atoms with van der Waals surface area (Å²) in [4.78, 5) is 2.14. The molecule has 4 nitrogen and oxygen atoms in total. The standard InChI is InChI=1S/C20H22N2O2S/c1-3-10-21-20(25)22(12-16-6-4-15(2)5-7-16)13-17-8-9-18-19(11-17)24-14-23-18/h3-9,11H,1,10,12-14H2,2H3,(H,21,25). The van der Waals surface area contributed by atoms with Crippen LogP contribution in [-0.2, 0) is 13.1 Å². The first-order valence-corrected chi connectivity index (χ1v) is 8.64. The Hall–Kier alpha value is -2.53. The fraction of sp³-hybridized carbons (Fsp3) is 0.250. The summed E-state index contributed by atoms with van der Waals surface area (Å²) in [5, 5.41) is 3.93. The zero-order valence-electron chi connectivity index (χ0n) is 14.3. The summed E-state index contributed by atoms with van der Waals surface area (Å²) in [7, 11) is 0. The third-order valence-electron chi connectivity index (χ3n) is 3.99. The Labute approximate surface area is 154 Å². The summed E-state index contributed by atoms with van der Waals surface area (Å²) < 4.78 is 10.9. The molecule has 1 aliphatic heterocycles. The Morgan fingerprint density at radius 1 is 1.12 bits per heavy atom. The number of benzene rings is 2. The molecule has 130 valence electrons. The molecule has 0 saturated heterocycles. The second-order valence-corrected chi connectivity index (χ2v) is 6.39. The Kier molecular flexibility index (Phi) is 5.56. The first-order chi connectivity index (χ1) is 12.2. The van der Waals surface area contributed by atoms with Crippen molar-refractivity contribution in [3.8, 4) is 11.5 Å². The number of hydrogen-bond acceptors (Lipinski definition) is 3. The van der Waals surface area contributed by atoms with Crippen LogP contribution in [0.4, 0.5) is 0 Å². The lowest BCUT2D eigenvalue weighted by atomic mass is 10.1. The van der Waals surface area contributed by atoms with Crippen molar-refractivity contribution in [2.45, 2.75) is 20.0 Å². The lowest BCUT2D eigenvalue weighted by Gasteiger charge is -2.26. The van der Waals surface area contributed by atoms with Crippen LogP contribution >= 0.6 is 12.2 Å². The highest BCUT2D eigenvalue weighted by Gasteiger charge is 2.16. The van der Waals surface area contributed by atoms with E-state index in [2.05, 4.69) is 48.0 Å². The Morgan fingerprint density at radius 3 is 2.56 bits per heavy atom. The minimum absolute atomic E-state index is 0.283. The molecule has 1 N–H and O–H groups in total. The van der Waals surface area contributed by atoms with Crippen molar-refractivity contribution >= 4 is 17.3 Å². The smallest absolute Gasteiger partial charge is 0.231 e. The summed E-state index contributed by atoms with van der Waals surface area (Å²) in [6.45, 7) is 8.17. The molecule has 1 aliphatic rings. The van der Waals surface area contributed by atoms with Gasteiger partial charge in [0.1, 0.15) is 0 Å². The van der Waals surface area contributed by atoms with E-state index in [0.717, 1.165) is 23.6 Å². The molecule has 0 aromatic heterocycles. The first kappa shape index (κ1) is 17.3. The van der Waals surface area contributed by atoms with E-state index in [0.29, 0.717) is 18.2 Å². The largest absolute Gasteiger partial charge is 0.454 e. The van der Waals surface area contributed by atoms with Crippen molar-refractivity contribution in [3.05, 3.63) is 71.8 Å². The number of rotatable bonds is 6. The van der Waals surface area contributed by atoms with Gasteiger partial charge in [0.15, 0.2) is 16.6 Å². The molecule has 0 spiro atoms. The highest BCUT2D eigenvalue weighted by Crippen LogP contribution is 2.32. The Morgan fingerprint density at radius 2 is 1.80 bits per heavy atom. The van der Waals surface area contributed by atoms with Crippen molar-refractivity contribution < 1.29 is 9.47 Å². The number of aryl methyl sites for hydroxylation is 1. The number of thiocarbonyl (C=S) groups is 1. The summed E-state index contributed by atoms with van der Waals surface area (Å²) in [5.74, 6) is 1.58. The predicted molar refractivity (Wildman–Crippen MR) is 104 cm³/mol. The molecule has 0 amide bonds. The third-order valence-corrected chi connectivity index (χ3v) is 4.39. The summed E-state index contributed by atoms with van der Waals surface area (Å²) >= 11 is 5.58. The van der Waals surface area contributed by atoms with E-state index in [1.165, 1.54) is 11.1 Å². The summed E-state index contributed by atoms with van der Waals surface area (Å²) in [6, 6.07) is 14.5. The van der Waals surface area contributed by atoms with E-state index in [9.17, 15) is 0 Å². The van der Waals surface area contributed by atoms with Crippen LogP contribution in [0.15, 0.2) is 55.1 Å². The Bertz CT molecular complexity index is 759. The molecule has 1 heterocycles. The van der Waals surface area contributed by atoms with Gasteiger partial charge >= 0.3 is 0 Å². The van der Waals surface area contributed by atoms with E-state index in [1.54, 1.807) is 6.08 Å². The second-order valence-electron chi connectivity index (χ2n) is 6.00. The fourth-order valence-corrected chi connectivity index (χ4v) is 2.86. The van der Waals surface area contributed by atoms with E-state index >= 15 is 0 Å². The molecule has 2 aromatic rings. The van der Waals surface area contributed by atoms with Crippen molar-refractivity contribution in [2.24, 2.45) is 0 Å². The number of fused-ring (bicyclic) bond motifs is 1. The molecular weight excluding hydrogens is 332 g/mol. The third kappa shape index (κ3) is 4.51. The fourth-order valence-electron chi connectivity index (χ4n) is 2.64. The van der Waals surface area contributed by atoms with Crippen LogP contribution in [-0.4, -0.2) is 23.4 Å². The molecule has 25 heavy (non-hydrogen) atoms. The summed E-state index contributed by atoms with van der Waals surface area (Å²) in [5.41, 5.74) is 3.59. The lowest BCUT2D eigenvalue weighted by Crippen LogP contribution is -2.38. The number of hydrogen-bond donors (Lipinski definition) is 1. The van der Waals surface area contributed by atoms with Crippen LogP contribution in [0.5, 0.6) is 11.5 Å². The van der Waals surface area contributed by atoms with Gasteiger partial charge < -0.3 is 19.7 Å². The molecule has 2 aromatic carbocycles. The average molecular weight is 354 g/mol. The van der Waals surface area contributed by atoms with Gasteiger partial charge in [-0.1, -0.05) is 42.0 Å². The maximum absolute atomic E-state index is 5.58. The van der Waals surface area contributed by atoms with Gasteiger partial charge in [-0.25, -0.2) is 0 Å². The number of nitrogens with one attached hydrogen (secondary N) is 1.